The van der Waals surface area contributed by atoms with Gasteiger partial charge in [-0.05, 0) is 12.1 Å². The summed E-state index contributed by atoms with van der Waals surface area (Å²) in [6.45, 7) is 0. The summed E-state index contributed by atoms with van der Waals surface area (Å²) < 4.78 is 28.3. The third-order valence-electron chi connectivity index (χ3n) is 3.47. The third-order valence-corrected chi connectivity index (χ3v) is 3.47. The summed E-state index contributed by atoms with van der Waals surface area (Å²) in [5.74, 6) is -8.09. The fourth-order valence-corrected chi connectivity index (χ4v) is 2.41. The van der Waals surface area contributed by atoms with E-state index in [4.69, 9.17) is 0 Å². The first-order chi connectivity index (χ1) is 9.86. The maximum atomic E-state index is 14.8. The number of hydrogen-bond donors (Lipinski definition) is 1. The third kappa shape index (κ3) is 1.68. The van der Waals surface area contributed by atoms with E-state index in [-0.39, 0.29) is 16.0 Å². The predicted octanol–water partition coefficient (Wildman–Crippen LogP) is 0.333. The molecule has 3 rings (SSSR count). The van der Waals surface area contributed by atoms with Crippen molar-refractivity contribution in [2.45, 2.75) is 18.4 Å². The average molecular weight is 294 g/mol. The van der Waals surface area contributed by atoms with Gasteiger partial charge in [0.25, 0.3) is 29.4 Å². The van der Waals surface area contributed by atoms with Crippen LogP contribution in [0.3, 0.4) is 0 Å². The number of alkyl halides is 2. The molecule has 1 fully saturated rings. The molecule has 108 valence electrons. The van der Waals surface area contributed by atoms with Crippen molar-refractivity contribution in [2.24, 2.45) is 0 Å². The normalized spacial score (nSPS) is 28.7. The second-order valence-corrected chi connectivity index (χ2v) is 4.74. The summed E-state index contributed by atoms with van der Waals surface area (Å²) in [6.07, 6.45) is -3.53. The van der Waals surface area contributed by atoms with Crippen LogP contribution in [0.4, 0.5) is 8.78 Å². The fraction of sp³-hybridized carbons (Fsp3) is 0.231. The summed E-state index contributed by atoms with van der Waals surface area (Å²) >= 11 is 0. The molecule has 2 aliphatic heterocycles. The first-order valence-corrected chi connectivity index (χ1v) is 6.02. The Kier molecular flexibility index (Phi) is 2.65. The molecule has 1 N–H and O–H groups in total. The summed E-state index contributed by atoms with van der Waals surface area (Å²) in [5.41, 5.74) is -0.140. The van der Waals surface area contributed by atoms with Crippen molar-refractivity contribution in [3.05, 3.63) is 35.4 Å². The maximum absolute atomic E-state index is 14.8. The topological polar surface area (TPSA) is 83.6 Å². The predicted molar refractivity (Wildman–Crippen MR) is 63.4 cm³/mol. The number of carbonyl (C=O) groups excluding carboxylic acids is 4. The van der Waals surface area contributed by atoms with Crippen molar-refractivity contribution in [2.75, 3.05) is 0 Å². The Labute approximate surface area is 116 Å². The lowest BCUT2D eigenvalue weighted by atomic mass is 10.00. The lowest BCUT2D eigenvalue weighted by Gasteiger charge is -2.35. The Morgan fingerprint density at radius 1 is 1.10 bits per heavy atom. The molecule has 1 aromatic carbocycles. The van der Waals surface area contributed by atoms with E-state index in [1.165, 1.54) is 29.6 Å². The van der Waals surface area contributed by atoms with E-state index in [9.17, 15) is 28.0 Å². The Hall–Kier alpha value is -2.64. The average Bonchev–Trinajstić information content (AvgIpc) is 2.70. The molecule has 6 nitrogen and oxygen atoms in total. The van der Waals surface area contributed by atoms with Gasteiger partial charge in [0.05, 0.1) is 17.5 Å². The number of nitrogens with one attached hydrogen (secondary N) is 1. The van der Waals surface area contributed by atoms with Gasteiger partial charge in [0.2, 0.25) is 0 Å². The number of piperidine rings is 1. The van der Waals surface area contributed by atoms with Gasteiger partial charge in [0.1, 0.15) is 0 Å². The highest BCUT2D eigenvalue weighted by Gasteiger charge is 2.59. The van der Waals surface area contributed by atoms with Crippen molar-refractivity contribution < 1.29 is 28.0 Å². The van der Waals surface area contributed by atoms with Crippen LogP contribution >= 0.6 is 0 Å². The van der Waals surface area contributed by atoms with E-state index in [0.29, 0.717) is 0 Å². The Morgan fingerprint density at radius 3 is 2.14 bits per heavy atom. The first kappa shape index (κ1) is 13.3. The van der Waals surface area contributed by atoms with Gasteiger partial charge in [-0.2, -0.15) is 0 Å². The monoisotopic (exact) mass is 294 g/mol. The number of rotatable bonds is 1. The molecule has 1 saturated heterocycles. The molecule has 2 atom stereocenters. The number of carbonyl (C=O) groups is 4. The van der Waals surface area contributed by atoms with Crippen molar-refractivity contribution >= 4 is 23.6 Å². The number of fused-ring (bicyclic) bond motifs is 1. The Balaban J connectivity index is 2.06. The number of imide groups is 2. The molecule has 21 heavy (non-hydrogen) atoms. The lowest BCUT2D eigenvalue weighted by Crippen LogP contribution is -2.65. The Bertz CT molecular complexity index is 670. The molecule has 0 bridgehead atoms. The quantitative estimate of drug-likeness (QED) is 0.598. The molecule has 2 aliphatic rings. The van der Waals surface area contributed by atoms with Crippen molar-refractivity contribution in [3.8, 4) is 0 Å². The van der Waals surface area contributed by atoms with Gasteiger partial charge in [-0.3, -0.25) is 24.5 Å². The van der Waals surface area contributed by atoms with Gasteiger partial charge in [-0.25, -0.2) is 13.7 Å². The number of hydrogen-bond acceptors (Lipinski definition) is 4. The van der Waals surface area contributed by atoms with E-state index in [2.05, 4.69) is 0 Å². The number of benzene rings is 1. The highest BCUT2D eigenvalue weighted by Crippen LogP contribution is 2.35. The van der Waals surface area contributed by atoms with E-state index < -0.39 is 42.0 Å². The minimum atomic E-state index is -3.22. The summed E-state index contributed by atoms with van der Waals surface area (Å²) in [4.78, 5) is 47.0. The Morgan fingerprint density at radius 2 is 1.62 bits per heavy atom. The van der Waals surface area contributed by atoms with Crippen LogP contribution in [0.2, 0.25) is 0 Å². The van der Waals surface area contributed by atoms with Crippen molar-refractivity contribution in [1.82, 2.24) is 10.2 Å². The molecule has 4 amide bonds. The number of halogens is 2. The summed E-state index contributed by atoms with van der Waals surface area (Å²) in [5, 5.41) is 1.49. The van der Waals surface area contributed by atoms with Gasteiger partial charge in [-0.15, -0.1) is 0 Å². The smallest absolute Gasteiger partial charge is 0.286 e. The van der Waals surface area contributed by atoms with Crippen LogP contribution in [0, 0.1) is 0 Å². The number of amides is 4. The maximum Gasteiger partial charge on any atom is 0.286 e. The fourth-order valence-electron chi connectivity index (χ4n) is 2.41. The van der Waals surface area contributed by atoms with Crippen LogP contribution in [-0.4, -0.2) is 40.5 Å². The van der Waals surface area contributed by atoms with Crippen LogP contribution in [0.1, 0.15) is 27.1 Å². The SMILES string of the molecule is O=C1NC(=O)C(F)(N2C(=O)c3ccccc3C2=O)CC1F. The molecular formula is C13H8F2N2O4. The first-order valence-electron chi connectivity index (χ1n) is 6.02. The molecule has 0 saturated carbocycles. The minimum Gasteiger partial charge on any atom is -0.289 e. The highest BCUT2D eigenvalue weighted by atomic mass is 19.2. The van der Waals surface area contributed by atoms with Gasteiger partial charge in [0, 0.05) is 0 Å². The molecule has 8 heteroatoms. The minimum absolute atomic E-state index is 0.0698. The molecule has 0 spiro atoms. The molecule has 0 aliphatic carbocycles. The zero-order valence-corrected chi connectivity index (χ0v) is 10.4. The van der Waals surface area contributed by atoms with Crippen molar-refractivity contribution in [3.63, 3.8) is 0 Å². The molecule has 2 heterocycles. The second kappa shape index (κ2) is 4.18. The highest BCUT2D eigenvalue weighted by molar-refractivity contribution is 6.24. The van der Waals surface area contributed by atoms with Crippen LogP contribution in [0.5, 0.6) is 0 Å². The molecular weight excluding hydrogens is 286 g/mol. The van der Waals surface area contributed by atoms with Gasteiger partial charge in [0.15, 0.2) is 6.17 Å². The number of nitrogens with zero attached hydrogens (tertiary/aromatic N) is 1. The lowest BCUT2D eigenvalue weighted by molar-refractivity contribution is -0.156. The van der Waals surface area contributed by atoms with E-state index in [1.54, 1.807) is 0 Å². The zero-order valence-electron chi connectivity index (χ0n) is 10.4. The van der Waals surface area contributed by atoms with Crippen LogP contribution < -0.4 is 5.32 Å². The van der Waals surface area contributed by atoms with Gasteiger partial charge < -0.3 is 0 Å². The van der Waals surface area contributed by atoms with Gasteiger partial charge >= 0.3 is 0 Å². The summed E-state index contributed by atoms with van der Waals surface area (Å²) in [6, 6.07) is 5.55. The van der Waals surface area contributed by atoms with Gasteiger partial charge in [-0.1, -0.05) is 12.1 Å². The molecule has 2 unspecified atom stereocenters. The second-order valence-electron chi connectivity index (χ2n) is 4.74. The van der Waals surface area contributed by atoms with E-state index in [1.807, 2.05) is 0 Å². The van der Waals surface area contributed by atoms with E-state index >= 15 is 0 Å². The summed E-state index contributed by atoms with van der Waals surface area (Å²) in [7, 11) is 0. The van der Waals surface area contributed by atoms with Crippen LogP contribution in [0.15, 0.2) is 24.3 Å². The molecule has 0 aromatic heterocycles. The molecule has 1 aromatic rings. The van der Waals surface area contributed by atoms with E-state index in [0.717, 1.165) is 0 Å². The largest absolute Gasteiger partial charge is 0.289 e. The molecule has 0 radical (unpaired) electrons. The van der Waals surface area contributed by atoms with Crippen LogP contribution in [0.25, 0.3) is 0 Å². The van der Waals surface area contributed by atoms with Crippen LogP contribution in [-0.2, 0) is 9.59 Å². The zero-order chi connectivity index (χ0) is 15.4. The van der Waals surface area contributed by atoms with Crippen molar-refractivity contribution in [1.29, 1.82) is 0 Å². The standard InChI is InChI=1S/C13H8F2N2O4/c14-8-5-13(15,12(21)16-9(8)18)17-10(19)6-3-1-2-4-7(6)11(17)20/h1-4,8H,5H2,(H,16,18,21).